The first-order valence-corrected chi connectivity index (χ1v) is 7.81. The summed E-state index contributed by atoms with van der Waals surface area (Å²) < 4.78 is 5.19. The minimum atomic E-state index is -0.503. The van der Waals surface area contributed by atoms with Crippen LogP contribution in [-0.2, 0) is 22.6 Å². The summed E-state index contributed by atoms with van der Waals surface area (Å²) in [6.07, 6.45) is -0.00373. The van der Waals surface area contributed by atoms with Gasteiger partial charge < -0.3 is 20.7 Å². The Balaban J connectivity index is 1.83. The van der Waals surface area contributed by atoms with Gasteiger partial charge in [0.05, 0.1) is 0 Å². The van der Waals surface area contributed by atoms with Crippen molar-refractivity contribution in [1.29, 1.82) is 0 Å². The summed E-state index contributed by atoms with van der Waals surface area (Å²) in [4.78, 5) is 25.1. The SMILES string of the molecule is CC(C)(C)OC(=O)NCc1ccc(CN2CC(N)CC2=O)cc1. The number of nitrogens with two attached hydrogens (primary N) is 1. The molecule has 2 amide bonds. The number of nitrogens with one attached hydrogen (secondary N) is 1. The van der Waals surface area contributed by atoms with Crippen LogP contribution >= 0.6 is 0 Å². The zero-order chi connectivity index (χ0) is 17.0. The van der Waals surface area contributed by atoms with Crippen LogP contribution in [0, 0.1) is 0 Å². The van der Waals surface area contributed by atoms with Gasteiger partial charge in [-0.3, -0.25) is 4.79 Å². The van der Waals surface area contributed by atoms with Gasteiger partial charge in [-0.25, -0.2) is 4.79 Å². The van der Waals surface area contributed by atoms with Crippen LogP contribution in [0.5, 0.6) is 0 Å². The Morgan fingerprint density at radius 1 is 1.30 bits per heavy atom. The van der Waals surface area contributed by atoms with Gasteiger partial charge in [-0.05, 0) is 31.9 Å². The average Bonchev–Trinajstić information content (AvgIpc) is 2.74. The number of likely N-dealkylation sites (tertiary alicyclic amines) is 1. The second-order valence-electron chi connectivity index (χ2n) is 6.91. The lowest BCUT2D eigenvalue weighted by Gasteiger charge is -2.19. The molecule has 0 aromatic heterocycles. The van der Waals surface area contributed by atoms with E-state index in [4.69, 9.17) is 10.5 Å². The van der Waals surface area contributed by atoms with Gasteiger partial charge in [0.25, 0.3) is 0 Å². The van der Waals surface area contributed by atoms with Crippen molar-refractivity contribution in [3.8, 4) is 0 Å². The maximum absolute atomic E-state index is 11.7. The number of hydrogen-bond acceptors (Lipinski definition) is 4. The average molecular weight is 319 g/mol. The third-order valence-electron chi connectivity index (χ3n) is 3.48. The first-order chi connectivity index (χ1) is 10.7. The van der Waals surface area contributed by atoms with Crippen LogP contribution in [-0.4, -0.2) is 35.1 Å². The van der Waals surface area contributed by atoms with E-state index in [1.54, 1.807) is 4.90 Å². The number of hydrogen-bond donors (Lipinski definition) is 2. The first kappa shape index (κ1) is 17.3. The summed E-state index contributed by atoms with van der Waals surface area (Å²) in [5.41, 5.74) is 7.31. The molecule has 1 aliphatic rings. The number of amides is 2. The number of carbonyl (C=O) groups is 2. The number of nitrogens with zero attached hydrogens (tertiary/aromatic N) is 1. The molecule has 0 aliphatic carbocycles. The second kappa shape index (κ2) is 7.00. The maximum atomic E-state index is 11.7. The molecule has 1 unspecified atom stereocenters. The van der Waals surface area contributed by atoms with Crippen molar-refractivity contribution < 1.29 is 14.3 Å². The molecule has 6 heteroatoms. The number of ether oxygens (including phenoxy) is 1. The van der Waals surface area contributed by atoms with Crippen molar-refractivity contribution in [3.05, 3.63) is 35.4 Å². The molecular formula is C17H25N3O3. The Morgan fingerprint density at radius 3 is 2.43 bits per heavy atom. The molecule has 1 atom stereocenters. The van der Waals surface area contributed by atoms with E-state index < -0.39 is 11.7 Å². The van der Waals surface area contributed by atoms with Gasteiger partial charge in [-0.1, -0.05) is 24.3 Å². The smallest absolute Gasteiger partial charge is 0.407 e. The van der Waals surface area contributed by atoms with Crippen LogP contribution in [0.2, 0.25) is 0 Å². The van der Waals surface area contributed by atoms with Crippen LogP contribution in [0.1, 0.15) is 38.3 Å². The maximum Gasteiger partial charge on any atom is 0.407 e. The van der Waals surface area contributed by atoms with Crippen LogP contribution in [0.3, 0.4) is 0 Å². The van der Waals surface area contributed by atoms with E-state index in [1.807, 2.05) is 45.0 Å². The number of alkyl carbamates (subject to hydrolysis) is 1. The fraction of sp³-hybridized carbons (Fsp3) is 0.529. The van der Waals surface area contributed by atoms with Crippen LogP contribution < -0.4 is 11.1 Å². The van der Waals surface area contributed by atoms with Crippen molar-refractivity contribution in [2.24, 2.45) is 5.73 Å². The molecule has 1 fully saturated rings. The molecular weight excluding hydrogens is 294 g/mol. The summed E-state index contributed by atoms with van der Waals surface area (Å²) in [5.74, 6) is 0.105. The van der Waals surface area contributed by atoms with Crippen LogP contribution in [0.4, 0.5) is 4.79 Å². The quantitative estimate of drug-likeness (QED) is 0.886. The Kier molecular flexibility index (Phi) is 5.26. The largest absolute Gasteiger partial charge is 0.444 e. The molecule has 1 aliphatic heterocycles. The fourth-order valence-corrected chi connectivity index (χ4v) is 2.43. The third-order valence-corrected chi connectivity index (χ3v) is 3.48. The van der Waals surface area contributed by atoms with Crippen molar-refractivity contribution >= 4 is 12.0 Å². The van der Waals surface area contributed by atoms with E-state index >= 15 is 0 Å². The van der Waals surface area contributed by atoms with Gasteiger partial charge >= 0.3 is 6.09 Å². The lowest BCUT2D eigenvalue weighted by Crippen LogP contribution is -2.32. The third kappa shape index (κ3) is 5.56. The molecule has 0 bridgehead atoms. The zero-order valence-electron chi connectivity index (χ0n) is 14.0. The van der Waals surface area contributed by atoms with Gasteiger partial charge in [0.1, 0.15) is 5.60 Å². The highest BCUT2D eigenvalue weighted by atomic mass is 16.6. The van der Waals surface area contributed by atoms with E-state index in [1.165, 1.54) is 0 Å². The molecule has 0 spiro atoms. The minimum Gasteiger partial charge on any atom is -0.444 e. The number of rotatable bonds is 4. The predicted octanol–water partition coefficient (Wildman–Crippen LogP) is 1.77. The monoisotopic (exact) mass is 319 g/mol. The standard InChI is InChI=1S/C17H25N3O3/c1-17(2,3)23-16(22)19-9-12-4-6-13(7-5-12)10-20-11-14(18)8-15(20)21/h4-7,14H,8-11,18H2,1-3H3,(H,19,22). The molecule has 1 saturated heterocycles. The highest BCUT2D eigenvalue weighted by Crippen LogP contribution is 2.14. The lowest BCUT2D eigenvalue weighted by atomic mass is 10.1. The van der Waals surface area contributed by atoms with E-state index in [-0.39, 0.29) is 11.9 Å². The fourth-order valence-electron chi connectivity index (χ4n) is 2.43. The summed E-state index contributed by atoms with van der Waals surface area (Å²) in [6.45, 7) is 7.07. The van der Waals surface area contributed by atoms with E-state index in [0.717, 1.165) is 11.1 Å². The summed E-state index contributed by atoms with van der Waals surface area (Å²) in [6, 6.07) is 7.74. The molecule has 1 aromatic carbocycles. The zero-order valence-corrected chi connectivity index (χ0v) is 14.0. The summed E-state index contributed by atoms with van der Waals surface area (Å²) >= 11 is 0. The Hall–Kier alpha value is -2.08. The molecule has 3 N–H and O–H groups in total. The van der Waals surface area contributed by atoms with E-state index in [9.17, 15) is 9.59 Å². The predicted molar refractivity (Wildman–Crippen MR) is 87.5 cm³/mol. The molecule has 0 radical (unpaired) electrons. The van der Waals surface area contributed by atoms with Crippen LogP contribution in [0.15, 0.2) is 24.3 Å². The molecule has 23 heavy (non-hydrogen) atoms. The second-order valence-corrected chi connectivity index (χ2v) is 6.91. The van der Waals surface area contributed by atoms with Crippen molar-refractivity contribution in [2.45, 2.75) is 51.9 Å². The minimum absolute atomic E-state index is 0.0557. The van der Waals surface area contributed by atoms with Gasteiger partial charge in [-0.2, -0.15) is 0 Å². The molecule has 2 rings (SSSR count). The number of benzene rings is 1. The molecule has 126 valence electrons. The van der Waals surface area contributed by atoms with E-state index in [0.29, 0.717) is 26.1 Å². The van der Waals surface area contributed by atoms with Gasteiger partial charge in [-0.15, -0.1) is 0 Å². The Labute approximate surface area is 137 Å². The van der Waals surface area contributed by atoms with Gasteiger partial charge in [0.15, 0.2) is 0 Å². The normalized spacial score (nSPS) is 18.2. The highest BCUT2D eigenvalue weighted by Gasteiger charge is 2.26. The van der Waals surface area contributed by atoms with Crippen molar-refractivity contribution in [3.63, 3.8) is 0 Å². The first-order valence-electron chi connectivity index (χ1n) is 7.81. The summed E-state index contributed by atoms with van der Waals surface area (Å²) in [7, 11) is 0. The molecule has 0 saturated carbocycles. The Bertz CT molecular complexity index is 563. The van der Waals surface area contributed by atoms with Crippen molar-refractivity contribution in [1.82, 2.24) is 10.2 Å². The lowest BCUT2D eigenvalue weighted by molar-refractivity contribution is -0.128. The molecule has 1 aromatic rings. The van der Waals surface area contributed by atoms with Gasteiger partial charge in [0, 0.05) is 32.1 Å². The highest BCUT2D eigenvalue weighted by molar-refractivity contribution is 5.79. The molecule has 1 heterocycles. The van der Waals surface area contributed by atoms with Gasteiger partial charge in [0.2, 0.25) is 5.91 Å². The summed E-state index contributed by atoms with van der Waals surface area (Å²) in [5, 5.41) is 2.72. The van der Waals surface area contributed by atoms with Crippen molar-refractivity contribution in [2.75, 3.05) is 6.54 Å². The topological polar surface area (TPSA) is 84.7 Å². The van der Waals surface area contributed by atoms with E-state index in [2.05, 4.69) is 5.32 Å². The number of carbonyl (C=O) groups excluding carboxylic acids is 2. The molecule has 6 nitrogen and oxygen atoms in total. The van der Waals surface area contributed by atoms with Crippen LogP contribution in [0.25, 0.3) is 0 Å². The Morgan fingerprint density at radius 2 is 1.91 bits per heavy atom.